The summed E-state index contributed by atoms with van der Waals surface area (Å²) in [5.74, 6) is -0.403. The van der Waals surface area contributed by atoms with Crippen molar-refractivity contribution in [3.05, 3.63) is 40.6 Å². The predicted molar refractivity (Wildman–Crippen MR) is 124 cm³/mol. The van der Waals surface area contributed by atoms with Crippen molar-refractivity contribution in [1.82, 2.24) is 19.4 Å². The summed E-state index contributed by atoms with van der Waals surface area (Å²) >= 11 is 0. The molecule has 0 unspecified atom stereocenters. The van der Waals surface area contributed by atoms with Crippen LogP contribution in [-0.4, -0.2) is 88.1 Å². The SMILES string of the molecule is C[C@]1(CN2CCC(N3CCN(c4ccc(OC(F)(F)F)cc4)CC3)CC2)Cn2cc([N+](=O)[O-])nc2O1. The highest BCUT2D eigenvalue weighted by atomic mass is 19.4. The average molecular weight is 511 g/mol. The molecule has 2 aromatic rings. The number of benzene rings is 1. The van der Waals surface area contributed by atoms with Gasteiger partial charge in [-0.1, -0.05) is 0 Å². The topological polar surface area (TPSA) is 89.1 Å². The number of hydrogen-bond donors (Lipinski definition) is 0. The summed E-state index contributed by atoms with van der Waals surface area (Å²) in [5, 5.41) is 10.9. The molecule has 0 N–H and O–H groups in total. The second kappa shape index (κ2) is 9.43. The van der Waals surface area contributed by atoms with Crippen LogP contribution in [0.1, 0.15) is 19.8 Å². The Kier molecular flexibility index (Phi) is 6.45. The lowest BCUT2D eigenvalue weighted by Crippen LogP contribution is -2.55. The molecular formula is C23H29F3N6O4. The van der Waals surface area contributed by atoms with Gasteiger partial charge in [0.15, 0.2) is 0 Å². The van der Waals surface area contributed by atoms with Gasteiger partial charge in [0.05, 0.1) is 6.54 Å². The highest BCUT2D eigenvalue weighted by Crippen LogP contribution is 2.32. The lowest BCUT2D eigenvalue weighted by Gasteiger charge is -2.44. The maximum Gasteiger partial charge on any atom is 0.573 e. The molecule has 0 radical (unpaired) electrons. The molecular weight excluding hydrogens is 481 g/mol. The summed E-state index contributed by atoms with van der Waals surface area (Å²) in [5.41, 5.74) is 0.436. The molecule has 1 aromatic heterocycles. The van der Waals surface area contributed by atoms with Crippen LogP contribution in [0.15, 0.2) is 30.5 Å². The first kappa shape index (κ1) is 24.6. The van der Waals surface area contributed by atoms with Gasteiger partial charge in [0.2, 0.25) is 0 Å². The number of likely N-dealkylation sites (tertiary alicyclic amines) is 1. The number of hydrogen-bond acceptors (Lipinski definition) is 8. The van der Waals surface area contributed by atoms with E-state index in [0.29, 0.717) is 18.6 Å². The summed E-state index contributed by atoms with van der Waals surface area (Å²) in [6.45, 7) is 8.65. The van der Waals surface area contributed by atoms with E-state index in [4.69, 9.17) is 4.74 Å². The number of ether oxygens (including phenoxy) is 2. The Balaban J connectivity index is 1.06. The van der Waals surface area contributed by atoms with Gasteiger partial charge in [0.25, 0.3) is 0 Å². The Morgan fingerprint density at radius 3 is 2.39 bits per heavy atom. The number of nitro groups is 1. The number of anilines is 1. The van der Waals surface area contributed by atoms with Gasteiger partial charge in [-0.3, -0.25) is 14.4 Å². The van der Waals surface area contributed by atoms with Crippen LogP contribution in [-0.2, 0) is 6.54 Å². The molecule has 2 saturated heterocycles. The van der Waals surface area contributed by atoms with Crippen LogP contribution in [0.2, 0.25) is 0 Å². The van der Waals surface area contributed by atoms with Crippen LogP contribution in [0.25, 0.3) is 0 Å². The number of rotatable bonds is 6. The van der Waals surface area contributed by atoms with E-state index in [1.165, 1.54) is 18.3 Å². The van der Waals surface area contributed by atoms with Crippen LogP contribution >= 0.6 is 0 Å². The molecule has 0 aliphatic carbocycles. The van der Waals surface area contributed by atoms with Crippen molar-refractivity contribution >= 4 is 11.5 Å². The van der Waals surface area contributed by atoms with Gasteiger partial charge < -0.3 is 24.5 Å². The van der Waals surface area contributed by atoms with Gasteiger partial charge >= 0.3 is 18.2 Å². The zero-order chi connectivity index (χ0) is 25.5. The minimum Gasteiger partial charge on any atom is -0.436 e. The molecule has 1 atom stereocenters. The molecule has 3 aliphatic rings. The van der Waals surface area contributed by atoms with Crippen molar-refractivity contribution in [2.75, 3.05) is 50.7 Å². The molecule has 0 saturated carbocycles. The first-order chi connectivity index (χ1) is 17.1. The molecule has 5 rings (SSSR count). The van der Waals surface area contributed by atoms with Crippen LogP contribution in [0.5, 0.6) is 11.8 Å². The third-order valence-corrected chi connectivity index (χ3v) is 7.14. The van der Waals surface area contributed by atoms with E-state index in [0.717, 1.165) is 64.3 Å². The van der Waals surface area contributed by atoms with Gasteiger partial charge in [-0.15, -0.1) is 13.2 Å². The molecule has 0 bridgehead atoms. The maximum atomic E-state index is 12.4. The molecule has 10 nitrogen and oxygen atoms in total. The molecule has 2 fully saturated rings. The lowest BCUT2D eigenvalue weighted by molar-refractivity contribution is -0.389. The van der Waals surface area contributed by atoms with Gasteiger partial charge in [-0.25, -0.2) is 0 Å². The molecule has 4 heterocycles. The van der Waals surface area contributed by atoms with E-state index >= 15 is 0 Å². The maximum absolute atomic E-state index is 12.4. The summed E-state index contributed by atoms with van der Waals surface area (Å²) in [4.78, 5) is 21.4. The summed E-state index contributed by atoms with van der Waals surface area (Å²) in [6, 6.07) is 6.86. The second-order valence-electron chi connectivity index (χ2n) is 9.89. The normalized spacial score (nSPS) is 23.9. The average Bonchev–Trinajstić information content (AvgIpc) is 3.34. The van der Waals surface area contributed by atoms with Crippen molar-refractivity contribution in [3.63, 3.8) is 0 Å². The van der Waals surface area contributed by atoms with Crippen molar-refractivity contribution in [3.8, 4) is 11.8 Å². The first-order valence-corrected chi connectivity index (χ1v) is 12.0. The minimum absolute atomic E-state index is 0.194. The Hall–Kier alpha value is -3.06. The smallest absolute Gasteiger partial charge is 0.436 e. The van der Waals surface area contributed by atoms with Crippen LogP contribution in [0.3, 0.4) is 0 Å². The van der Waals surface area contributed by atoms with Crippen LogP contribution < -0.4 is 14.4 Å². The number of piperidine rings is 1. The molecule has 1 aromatic carbocycles. The molecule has 3 aliphatic heterocycles. The van der Waals surface area contributed by atoms with E-state index in [9.17, 15) is 23.3 Å². The third-order valence-electron chi connectivity index (χ3n) is 7.14. The Morgan fingerprint density at radius 2 is 1.81 bits per heavy atom. The summed E-state index contributed by atoms with van der Waals surface area (Å²) < 4.78 is 48.8. The monoisotopic (exact) mass is 510 g/mol. The fourth-order valence-electron chi connectivity index (χ4n) is 5.48. The summed E-state index contributed by atoms with van der Waals surface area (Å²) in [7, 11) is 0. The number of halogens is 3. The van der Waals surface area contributed by atoms with E-state index in [2.05, 4.69) is 24.4 Å². The van der Waals surface area contributed by atoms with E-state index < -0.39 is 16.9 Å². The second-order valence-corrected chi connectivity index (χ2v) is 9.89. The number of piperazine rings is 1. The number of aromatic nitrogens is 2. The number of fused-ring (bicyclic) bond motifs is 1. The third kappa shape index (κ3) is 5.51. The molecule has 0 spiro atoms. The van der Waals surface area contributed by atoms with Gasteiger partial charge in [0.1, 0.15) is 17.5 Å². The summed E-state index contributed by atoms with van der Waals surface area (Å²) in [6.07, 6.45) is -1.15. The fourth-order valence-corrected chi connectivity index (χ4v) is 5.48. The van der Waals surface area contributed by atoms with E-state index in [1.54, 1.807) is 16.7 Å². The number of alkyl halides is 3. The van der Waals surface area contributed by atoms with Gasteiger partial charge in [-0.2, -0.15) is 0 Å². The molecule has 0 amide bonds. The zero-order valence-electron chi connectivity index (χ0n) is 20.0. The van der Waals surface area contributed by atoms with E-state index in [1.807, 2.05) is 6.92 Å². The van der Waals surface area contributed by atoms with Crippen molar-refractivity contribution in [2.45, 2.75) is 44.3 Å². The van der Waals surface area contributed by atoms with E-state index in [-0.39, 0.29) is 11.6 Å². The van der Waals surface area contributed by atoms with Crippen molar-refractivity contribution in [2.24, 2.45) is 0 Å². The molecule has 36 heavy (non-hydrogen) atoms. The Bertz CT molecular complexity index is 1050. The number of nitrogens with zero attached hydrogens (tertiary/aromatic N) is 6. The quantitative estimate of drug-likeness (QED) is 0.433. The van der Waals surface area contributed by atoms with Gasteiger partial charge in [0, 0.05) is 49.4 Å². The Morgan fingerprint density at radius 1 is 1.14 bits per heavy atom. The largest absolute Gasteiger partial charge is 0.573 e. The highest BCUT2D eigenvalue weighted by Gasteiger charge is 2.42. The predicted octanol–water partition coefficient (Wildman–Crippen LogP) is 3.13. The van der Waals surface area contributed by atoms with Crippen molar-refractivity contribution < 1.29 is 27.6 Å². The molecule has 196 valence electrons. The van der Waals surface area contributed by atoms with Crippen molar-refractivity contribution in [1.29, 1.82) is 0 Å². The fraction of sp³-hybridized carbons (Fsp3) is 0.609. The van der Waals surface area contributed by atoms with Gasteiger partial charge in [-0.05, 0) is 62.0 Å². The standard InChI is InChI=1S/C23H29F3N6O4/c1-22(16-31-14-20(32(33)34)27-21(31)36-22)15-28-8-6-18(7-9-28)30-12-10-29(11-13-30)17-2-4-19(5-3-17)35-23(24,25)26/h2-5,14,18H,6-13,15-16H2,1H3/t22-/m0/s1. The Labute approximate surface area is 206 Å². The zero-order valence-corrected chi connectivity index (χ0v) is 20.0. The van der Waals surface area contributed by atoms with Crippen LogP contribution in [0.4, 0.5) is 24.7 Å². The minimum atomic E-state index is -4.68. The first-order valence-electron chi connectivity index (χ1n) is 12.0. The number of imidazole rings is 1. The lowest BCUT2D eigenvalue weighted by atomic mass is 9.99. The highest BCUT2D eigenvalue weighted by molar-refractivity contribution is 5.49. The van der Waals surface area contributed by atoms with Crippen LogP contribution in [0, 0.1) is 10.1 Å². The molecule has 13 heteroatoms.